The molecule has 0 amide bonds. The number of para-hydroxylation sites is 1. The van der Waals surface area contributed by atoms with Gasteiger partial charge < -0.3 is 9.47 Å². The minimum Gasteiger partial charge on any atom is -0.497 e. The summed E-state index contributed by atoms with van der Waals surface area (Å²) in [5.41, 5.74) is 5.26. The second-order valence-electron chi connectivity index (χ2n) is 9.39. The maximum atomic E-state index is 13.6. The van der Waals surface area contributed by atoms with Gasteiger partial charge in [0.15, 0.2) is 11.9 Å². The fraction of sp³-hybridized carbons (Fsp3) is 0.345. The molecule has 0 N–H and O–H groups in total. The summed E-state index contributed by atoms with van der Waals surface area (Å²) in [6.07, 6.45) is 6.00. The number of methoxy groups -OCH3 is 1. The molecule has 5 rings (SSSR count). The number of aromatic nitrogens is 1. The maximum absolute atomic E-state index is 13.6. The molecule has 1 aromatic heterocycles. The summed E-state index contributed by atoms with van der Waals surface area (Å²) in [5, 5.41) is 0.785. The molecule has 0 bridgehead atoms. The van der Waals surface area contributed by atoms with Crippen molar-refractivity contribution >= 4 is 34.3 Å². The Hall–Kier alpha value is -3.47. The molecule has 3 aromatic rings. The third-order valence-electron chi connectivity index (χ3n) is 6.83. The van der Waals surface area contributed by atoms with Gasteiger partial charge in [0, 0.05) is 11.8 Å². The number of hydrogen-bond acceptors (Lipinski definition) is 5. The molecule has 1 saturated carbocycles. The number of allylic oxidation sites excluding steroid dienone is 1. The summed E-state index contributed by atoms with van der Waals surface area (Å²) < 4.78 is 11.1. The van der Waals surface area contributed by atoms with Crippen LogP contribution in [-0.4, -0.2) is 30.0 Å². The molecule has 5 nitrogen and oxygen atoms in total. The third-order valence-corrected chi connectivity index (χ3v) is 6.83. The zero-order valence-corrected chi connectivity index (χ0v) is 19.7. The number of ketones is 1. The van der Waals surface area contributed by atoms with Gasteiger partial charge >= 0.3 is 5.97 Å². The highest BCUT2D eigenvalue weighted by atomic mass is 16.5. The van der Waals surface area contributed by atoms with Gasteiger partial charge in [-0.05, 0) is 79.0 Å². The molecule has 0 aliphatic heterocycles. The highest BCUT2D eigenvalue weighted by Gasteiger charge is 2.32. The second kappa shape index (κ2) is 9.41. The third kappa shape index (κ3) is 4.35. The molecule has 2 atom stereocenters. The largest absolute Gasteiger partial charge is 0.497 e. The molecule has 1 heterocycles. The topological polar surface area (TPSA) is 65.5 Å². The van der Waals surface area contributed by atoms with Gasteiger partial charge in [-0.1, -0.05) is 37.3 Å². The standard InChI is InChI=1S/C29H29NO4/c1-18-15-20(17-19-11-13-21(33-2)14-12-19)28-23(16-18)27(22-7-3-4-8-24(22)30-28)29(32)34-26-10-6-5-9-25(26)31/h3-4,7-8,11-14,17-18,26H,5-6,9-10,15-16H2,1-2H3. The molecule has 2 aromatic carbocycles. The van der Waals surface area contributed by atoms with Gasteiger partial charge in [0.2, 0.25) is 0 Å². The summed E-state index contributed by atoms with van der Waals surface area (Å²) in [7, 11) is 1.66. The van der Waals surface area contributed by atoms with Gasteiger partial charge in [-0.25, -0.2) is 9.78 Å². The number of esters is 1. The SMILES string of the molecule is COc1ccc(C=C2CC(C)Cc3c2nc2ccccc2c3C(=O)OC2CCCCC2=O)cc1. The molecule has 5 heteroatoms. The highest BCUT2D eigenvalue weighted by molar-refractivity contribution is 6.07. The van der Waals surface area contributed by atoms with E-state index in [1.54, 1.807) is 7.11 Å². The van der Waals surface area contributed by atoms with Crippen LogP contribution in [0.5, 0.6) is 5.75 Å². The zero-order chi connectivity index (χ0) is 23.7. The van der Waals surface area contributed by atoms with E-state index in [1.165, 1.54) is 0 Å². The van der Waals surface area contributed by atoms with Crippen LogP contribution in [0.25, 0.3) is 22.6 Å². The van der Waals surface area contributed by atoms with Crippen LogP contribution in [0.4, 0.5) is 0 Å². The molecule has 0 radical (unpaired) electrons. The van der Waals surface area contributed by atoms with Crippen molar-refractivity contribution in [3.63, 3.8) is 0 Å². The van der Waals surface area contributed by atoms with Crippen LogP contribution in [0.2, 0.25) is 0 Å². The second-order valence-corrected chi connectivity index (χ2v) is 9.39. The number of ether oxygens (including phenoxy) is 2. The average molecular weight is 456 g/mol. The van der Waals surface area contributed by atoms with Crippen LogP contribution in [-0.2, 0) is 16.0 Å². The molecule has 0 saturated heterocycles. The van der Waals surface area contributed by atoms with Gasteiger partial charge in [0.1, 0.15) is 5.75 Å². The number of carbonyl (C=O) groups excluding carboxylic acids is 2. The number of carbonyl (C=O) groups is 2. The number of benzene rings is 2. The van der Waals surface area contributed by atoms with E-state index in [-0.39, 0.29) is 5.78 Å². The van der Waals surface area contributed by atoms with Crippen molar-refractivity contribution in [1.29, 1.82) is 0 Å². The Labute approximate surface area is 199 Å². The Morgan fingerprint density at radius 3 is 2.62 bits per heavy atom. The summed E-state index contributed by atoms with van der Waals surface area (Å²) in [6.45, 7) is 2.19. The van der Waals surface area contributed by atoms with E-state index < -0.39 is 12.1 Å². The van der Waals surface area contributed by atoms with Crippen LogP contribution >= 0.6 is 0 Å². The van der Waals surface area contributed by atoms with Crippen molar-refractivity contribution in [2.75, 3.05) is 7.11 Å². The number of nitrogens with zero attached hydrogens (tertiary/aromatic N) is 1. The van der Waals surface area contributed by atoms with Gasteiger partial charge in [-0.15, -0.1) is 0 Å². The lowest BCUT2D eigenvalue weighted by Gasteiger charge is -2.27. The molecular weight excluding hydrogens is 426 g/mol. The smallest absolute Gasteiger partial charge is 0.339 e. The Balaban J connectivity index is 1.62. The van der Waals surface area contributed by atoms with Crippen molar-refractivity contribution in [3.8, 4) is 5.75 Å². The number of hydrogen-bond donors (Lipinski definition) is 0. The van der Waals surface area contributed by atoms with Crippen molar-refractivity contribution in [2.24, 2.45) is 5.92 Å². The lowest BCUT2D eigenvalue weighted by atomic mass is 9.80. The van der Waals surface area contributed by atoms with Crippen LogP contribution in [0.15, 0.2) is 48.5 Å². The molecule has 34 heavy (non-hydrogen) atoms. The quantitative estimate of drug-likeness (QED) is 0.449. The monoisotopic (exact) mass is 455 g/mol. The lowest BCUT2D eigenvalue weighted by Crippen LogP contribution is -2.31. The van der Waals surface area contributed by atoms with Gasteiger partial charge in [0.25, 0.3) is 0 Å². The fourth-order valence-corrected chi connectivity index (χ4v) is 5.13. The van der Waals surface area contributed by atoms with Gasteiger partial charge in [-0.2, -0.15) is 0 Å². The van der Waals surface area contributed by atoms with E-state index in [0.717, 1.165) is 64.7 Å². The van der Waals surface area contributed by atoms with Crippen LogP contribution < -0.4 is 4.74 Å². The van der Waals surface area contributed by atoms with E-state index >= 15 is 0 Å². The Bertz CT molecular complexity index is 1280. The maximum Gasteiger partial charge on any atom is 0.339 e. The van der Waals surface area contributed by atoms with Crippen molar-refractivity contribution in [3.05, 3.63) is 70.9 Å². The van der Waals surface area contributed by atoms with E-state index in [0.29, 0.717) is 24.3 Å². The van der Waals surface area contributed by atoms with Crippen LogP contribution in [0.1, 0.15) is 66.2 Å². The van der Waals surface area contributed by atoms with Gasteiger partial charge in [-0.3, -0.25) is 4.79 Å². The first-order valence-corrected chi connectivity index (χ1v) is 12.0. The molecule has 1 fully saturated rings. The minimum absolute atomic E-state index is 0.0280. The van der Waals surface area contributed by atoms with E-state index in [2.05, 4.69) is 13.0 Å². The first-order valence-electron chi connectivity index (χ1n) is 12.0. The van der Waals surface area contributed by atoms with Crippen molar-refractivity contribution in [1.82, 2.24) is 4.98 Å². The fourth-order valence-electron chi connectivity index (χ4n) is 5.13. The molecule has 2 aliphatic rings. The molecular formula is C29H29NO4. The summed E-state index contributed by atoms with van der Waals surface area (Å²) in [6, 6.07) is 15.6. The van der Waals surface area contributed by atoms with Crippen molar-refractivity contribution in [2.45, 2.75) is 51.6 Å². The first kappa shape index (κ1) is 22.3. The Morgan fingerprint density at radius 1 is 1.06 bits per heavy atom. The van der Waals surface area contributed by atoms with E-state index in [4.69, 9.17) is 14.5 Å². The predicted molar refractivity (Wildman–Crippen MR) is 133 cm³/mol. The molecule has 2 unspecified atom stereocenters. The van der Waals surface area contributed by atoms with E-state index in [9.17, 15) is 9.59 Å². The van der Waals surface area contributed by atoms with Crippen molar-refractivity contribution < 1.29 is 19.1 Å². The predicted octanol–water partition coefficient (Wildman–Crippen LogP) is 6.03. The highest BCUT2D eigenvalue weighted by Crippen LogP contribution is 2.39. The first-order chi connectivity index (χ1) is 16.5. The minimum atomic E-state index is -0.640. The molecule has 174 valence electrons. The average Bonchev–Trinajstić information content (AvgIpc) is 2.84. The zero-order valence-electron chi connectivity index (χ0n) is 19.7. The van der Waals surface area contributed by atoms with E-state index in [1.807, 2.05) is 48.5 Å². The molecule has 2 aliphatic carbocycles. The Kier molecular flexibility index (Phi) is 6.18. The summed E-state index contributed by atoms with van der Waals surface area (Å²) >= 11 is 0. The summed E-state index contributed by atoms with van der Waals surface area (Å²) in [4.78, 5) is 30.9. The normalized spacial score (nSPS) is 21.4. The number of Topliss-reactive ketones (excluding diaryl/α,β-unsaturated/α-hetero) is 1. The molecule has 0 spiro atoms. The van der Waals surface area contributed by atoms with Crippen LogP contribution in [0, 0.1) is 5.92 Å². The number of rotatable bonds is 4. The lowest BCUT2D eigenvalue weighted by molar-refractivity contribution is -0.129. The number of fused-ring (bicyclic) bond motifs is 2. The number of pyridine rings is 1. The van der Waals surface area contributed by atoms with Crippen LogP contribution in [0.3, 0.4) is 0 Å². The van der Waals surface area contributed by atoms with Gasteiger partial charge in [0.05, 0.1) is 23.9 Å². The Morgan fingerprint density at radius 2 is 1.85 bits per heavy atom. The summed E-state index contributed by atoms with van der Waals surface area (Å²) in [5.74, 6) is 0.780.